The third-order valence-corrected chi connectivity index (χ3v) is 4.47. The van der Waals surface area contributed by atoms with Gasteiger partial charge in [0.05, 0.1) is 22.8 Å². The standard InChI is InChI=1S/C15H20N4O/c1-10(2)15(6-7-16-9-15)14(20)18-12-5-3-4-11-8-17-19-13(11)12/h3-5,8,10,16H,6-7,9H2,1-2H3,(H,17,19)(H,18,20). The minimum Gasteiger partial charge on any atom is -0.324 e. The zero-order chi connectivity index (χ0) is 14.2. The maximum Gasteiger partial charge on any atom is 0.232 e. The summed E-state index contributed by atoms with van der Waals surface area (Å²) in [6.07, 6.45) is 2.65. The normalized spacial score (nSPS) is 22.6. The SMILES string of the molecule is CC(C)C1(C(=O)Nc2cccc3cn[nH]c23)CCNC1. The number of nitrogens with zero attached hydrogens (tertiary/aromatic N) is 1. The molecule has 3 rings (SSSR count). The zero-order valence-electron chi connectivity index (χ0n) is 11.9. The summed E-state index contributed by atoms with van der Waals surface area (Å²) in [6, 6.07) is 5.82. The Bertz CT molecular complexity index is 626. The molecule has 106 valence electrons. The Morgan fingerprint density at radius 3 is 3.00 bits per heavy atom. The Balaban J connectivity index is 1.90. The largest absolute Gasteiger partial charge is 0.324 e. The van der Waals surface area contributed by atoms with E-state index in [1.807, 2.05) is 18.2 Å². The first-order valence-electron chi connectivity index (χ1n) is 7.08. The van der Waals surface area contributed by atoms with Crippen LogP contribution in [-0.4, -0.2) is 29.2 Å². The van der Waals surface area contributed by atoms with Gasteiger partial charge in [-0.15, -0.1) is 0 Å². The summed E-state index contributed by atoms with van der Waals surface area (Å²) in [5.41, 5.74) is 1.37. The van der Waals surface area contributed by atoms with Crippen molar-refractivity contribution in [3.8, 4) is 0 Å². The molecule has 1 aliphatic rings. The van der Waals surface area contributed by atoms with Crippen molar-refractivity contribution in [2.75, 3.05) is 18.4 Å². The second-order valence-corrected chi connectivity index (χ2v) is 5.83. The van der Waals surface area contributed by atoms with Crippen LogP contribution < -0.4 is 10.6 Å². The fraction of sp³-hybridized carbons (Fsp3) is 0.467. The van der Waals surface area contributed by atoms with Crippen LogP contribution in [0.3, 0.4) is 0 Å². The Labute approximate surface area is 118 Å². The predicted molar refractivity (Wildman–Crippen MR) is 79.5 cm³/mol. The van der Waals surface area contributed by atoms with Gasteiger partial charge in [0, 0.05) is 11.9 Å². The van der Waals surface area contributed by atoms with E-state index in [0.717, 1.165) is 36.1 Å². The van der Waals surface area contributed by atoms with Crippen LogP contribution in [0.15, 0.2) is 24.4 Å². The first kappa shape index (κ1) is 13.1. The fourth-order valence-electron chi connectivity index (χ4n) is 2.98. The van der Waals surface area contributed by atoms with E-state index < -0.39 is 0 Å². The van der Waals surface area contributed by atoms with Crippen LogP contribution in [0.2, 0.25) is 0 Å². The molecule has 1 aromatic carbocycles. The third kappa shape index (κ3) is 1.98. The van der Waals surface area contributed by atoms with Gasteiger partial charge in [-0.3, -0.25) is 9.89 Å². The minimum atomic E-state index is -0.317. The lowest BCUT2D eigenvalue weighted by atomic mass is 9.75. The number of aromatic nitrogens is 2. The molecule has 1 saturated heterocycles. The highest BCUT2D eigenvalue weighted by Crippen LogP contribution is 2.36. The summed E-state index contributed by atoms with van der Waals surface area (Å²) in [5, 5.41) is 14.4. The monoisotopic (exact) mass is 272 g/mol. The molecular weight excluding hydrogens is 252 g/mol. The van der Waals surface area contributed by atoms with Gasteiger partial charge >= 0.3 is 0 Å². The van der Waals surface area contributed by atoms with Gasteiger partial charge in [0.1, 0.15) is 0 Å². The molecule has 0 aliphatic carbocycles. The summed E-state index contributed by atoms with van der Waals surface area (Å²) in [7, 11) is 0. The van der Waals surface area contributed by atoms with Gasteiger partial charge < -0.3 is 10.6 Å². The number of fused-ring (bicyclic) bond motifs is 1. The Hall–Kier alpha value is -1.88. The molecule has 1 unspecified atom stereocenters. The molecule has 5 heteroatoms. The van der Waals surface area contributed by atoms with E-state index in [9.17, 15) is 4.79 Å². The number of nitrogens with one attached hydrogen (secondary N) is 3. The van der Waals surface area contributed by atoms with Gasteiger partial charge in [0.15, 0.2) is 0 Å². The van der Waals surface area contributed by atoms with Crippen LogP contribution in [0.1, 0.15) is 20.3 Å². The number of rotatable bonds is 3. The van der Waals surface area contributed by atoms with E-state index in [-0.39, 0.29) is 11.3 Å². The molecule has 0 radical (unpaired) electrons. The number of H-pyrrole nitrogens is 1. The van der Waals surface area contributed by atoms with E-state index in [1.165, 1.54) is 0 Å². The van der Waals surface area contributed by atoms with Crippen LogP contribution in [0.5, 0.6) is 0 Å². The molecule has 5 nitrogen and oxygen atoms in total. The first-order chi connectivity index (χ1) is 9.63. The summed E-state index contributed by atoms with van der Waals surface area (Å²) in [5.74, 6) is 0.401. The Morgan fingerprint density at radius 1 is 1.45 bits per heavy atom. The fourth-order valence-corrected chi connectivity index (χ4v) is 2.98. The van der Waals surface area contributed by atoms with Crippen molar-refractivity contribution in [2.24, 2.45) is 11.3 Å². The van der Waals surface area contributed by atoms with Crippen molar-refractivity contribution >= 4 is 22.5 Å². The van der Waals surface area contributed by atoms with E-state index in [4.69, 9.17) is 0 Å². The maximum atomic E-state index is 12.8. The number of carbonyl (C=O) groups excluding carboxylic acids is 1. The van der Waals surface area contributed by atoms with E-state index in [0.29, 0.717) is 5.92 Å². The van der Waals surface area contributed by atoms with Crippen LogP contribution >= 0.6 is 0 Å². The third-order valence-electron chi connectivity index (χ3n) is 4.47. The Kier molecular flexibility index (Phi) is 3.22. The van der Waals surface area contributed by atoms with Crippen molar-refractivity contribution in [3.63, 3.8) is 0 Å². The molecule has 2 aromatic rings. The van der Waals surface area contributed by atoms with Crippen LogP contribution in [0, 0.1) is 11.3 Å². The number of carbonyl (C=O) groups is 1. The minimum absolute atomic E-state index is 0.0969. The average Bonchev–Trinajstić information content (AvgIpc) is 3.09. The molecule has 20 heavy (non-hydrogen) atoms. The van der Waals surface area contributed by atoms with E-state index >= 15 is 0 Å². The van der Waals surface area contributed by atoms with Crippen molar-refractivity contribution < 1.29 is 4.79 Å². The number of amides is 1. The lowest BCUT2D eigenvalue weighted by molar-refractivity contribution is -0.126. The van der Waals surface area contributed by atoms with Crippen molar-refractivity contribution in [1.29, 1.82) is 0 Å². The van der Waals surface area contributed by atoms with E-state index in [1.54, 1.807) is 6.20 Å². The van der Waals surface area contributed by atoms with Crippen LogP contribution in [-0.2, 0) is 4.79 Å². The van der Waals surface area contributed by atoms with Crippen molar-refractivity contribution in [3.05, 3.63) is 24.4 Å². The second kappa shape index (κ2) is 4.90. The molecule has 0 bridgehead atoms. The predicted octanol–water partition coefficient (Wildman–Crippen LogP) is 2.14. The first-order valence-corrected chi connectivity index (χ1v) is 7.08. The highest BCUT2D eigenvalue weighted by atomic mass is 16.2. The molecule has 3 N–H and O–H groups in total. The number of anilines is 1. The van der Waals surface area contributed by atoms with Gasteiger partial charge in [-0.1, -0.05) is 26.0 Å². The quantitative estimate of drug-likeness (QED) is 0.801. The highest BCUT2D eigenvalue weighted by molar-refractivity contribution is 6.02. The molecule has 1 aromatic heterocycles. The Morgan fingerprint density at radius 2 is 2.30 bits per heavy atom. The van der Waals surface area contributed by atoms with E-state index in [2.05, 4.69) is 34.7 Å². The lowest BCUT2D eigenvalue weighted by Gasteiger charge is -2.31. The summed E-state index contributed by atoms with van der Waals surface area (Å²) < 4.78 is 0. The number of benzene rings is 1. The lowest BCUT2D eigenvalue weighted by Crippen LogP contribution is -2.42. The summed E-state index contributed by atoms with van der Waals surface area (Å²) >= 11 is 0. The highest BCUT2D eigenvalue weighted by Gasteiger charge is 2.43. The van der Waals surface area contributed by atoms with Gasteiger partial charge in [-0.25, -0.2) is 0 Å². The van der Waals surface area contributed by atoms with Crippen LogP contribution in [0.4, 0.5) is 5.69 Å². The molecule has 1 amide bonds. The second-order valence-electron chi connectivity index (χ2n) is 5.83. The molecule has 1 atom stereocenters. The zero-order valence-corrected chi connectivity index (χ0v) is 11.9. The van der Waals surface area contributed by atoms with Gasteiger partial charge in [-0.2, -0.15) is 5.10 Å². The molecular formula is C15H20N4O. The van der Waals surface area contributed by atoms with Crippen molar-refractivity contribution in [2.45, 2.75) is 20.3 Å². The number of hydrogen-bond acceptors (Lipinski definition) is 3. The smallest absolute Gasteiger partial charge is 0.232 e. The van der Waals surface area contributed by atoms with Crippen molar-refractivity contribution in [1.82, 2.24) is 15.5 Å². The molecule has 1 aliphatic heterocycles. The number of aromatic amines is 1. The topological polar surface area (TPSA) is 69.8 Å². The number of hydrogen-bond donors (Lipinski definition) is 3. The van der Waals surface area contributed by atoms with Crippen LogP contribution in [0.25, 0.3) is 10.9 Å². The van der Waals surface area contributed by atoms with Gasteiger partial charge in [-0.05, 0) is 24.9 Å². The summed E-state index contributed by atoms with van der Waals surface area (Å²) in [6.45, 7) is 5.88. The molecule has 2 heterocycles. The summed E-state index contributed by atoms with van der Waals surface area (Å²) in [4.78, 5) is 12.8. The molecule has 0 saturated carbocycles. The van der Waals surface area contributed by atoms with Gasteiger partial charge in [0.25, 0.3) is 0 Å². The maximum absolute atomic E-state index is 12.8. The van der Waals surface area contributed by atoms with Gasteiger partial charge in [0.2, 0.25) is 5.91 Å². The molecule has 1 fully saturated rings. The molecule has 0 spiro atoms. The average molecular weight is 272 g/mol. The number of para-hydroxylation sites is 1.